The molecule has 2 heterocycles. The average Bonchev–Trinajstić information content (AvgIpc) is 2.85. The summed E-state index contributed by atoms with van der Waals surface area (Å²) < 4.78 is 16.3. The third-order valence-electron chi connectivity index (χ3n) is 2.54. The summed E-state index contributed by atoms with van der Waals surface area (Å²) in [5.74, 6) is 0.955. The summed E-state index contributed by atoms with van der Waals surface area (Å²) in [4.78, 5) is 0. The second-order valence-corrected chi connectivity index (χ2v) is 3.70. The van der Waals surface area contributed by atoms with Crippen LogP contribution in [-0.2, 0) is 22.6 Å². The molecule has 1 aromatic rings. The van der Waals surface area contributed by atoms with Crippen LogP contribution in [0.5, 0.6) is 0 Å². The van der Waals surface area contributed by atoms with Gasteiger partial charge in [-0.2, -0.15) is 0 Å². The zero-order valence-corrected chi connectivity index (χ0v) is 8.99. The molecule has 1 aromatic heterocycles. The predicted octanol–water partition coefficient (Wildman–Crippen LogP) is 1.30. The van der Waals surface area contributed by atoms with Gasteiger partial charge in [-0.3, -0.25) is 0 Å². The lowest BCUT2D eigenvalue weighted by atomic mass is 10.2. The predicted molar refractivity (Wildman–Crippen MR) is 55.5 cm³/mol. The molecule has 0 aliphatic carbocycles. The van der Waals surface area contributed by atoms with Crippen molar-refractivity contribution in [1.82, 2.24) is 5.32 Å². The maximum atomic E-state index is 5.72. The van der Waals surface area contributed by atoms with Crippen LogP contribution in [0.4, 0.5) is 0 Å². The van der Waals surface area contributed by atoms with Crippen molar-refractivity contribution in [2.24, 2.45) is 0 Å². The van der Waals surface area contributed by atoms with E-state index in [1.807, 2.05) is 13.1 Å². The van der Waals surface area contributed by atoms with E-state index in [-0.39, 0.29) is 6.10 Å². The molecule has 4 heteroatoms. The van der Waals surface area contributed by atoms with Crippen LogP contribution in [0.3, 0.4) is 0 Å². The van der Waals surface area contributed by atoms with Crippen LogP contribution in [0.1, 0.15) is 17.7 Å². The summed E-state index contributed by atoms with van der Waals surface area (Å²) in [5.41, 5.74) is 1.12. The molecule has 0 saturated carbocycles. The van der Waals surface area contributed by atoms with Gasteiger partial charge >= 0.3 is 0 Å². The van der Waals surface area contributed by atoms with Crippen LogP contribution >= 0.6 is 0 Å². The van der Waals surface area contributed by atoms with E-state index < -0.39 is 0 Å². The van der Waals surface area contributed by atoms with Crippen molar-refractivity contribution in [2.75, 3.05) is 20.3 Å². The molecular formula is C11H17NO3. The molecular weight excluding hydrogens is 194 g/mol. The van der Waals surface area contributed by atoms with E-state index in [9.17, 15) is 0 Å². The summed E-state index contributed by atoms with van der Waals surface area (Å²) in [5, 5.41) is 3.06. The van der Waals surface area contributed by atoms with Crippen LogP contribution in [-0.4, -0.2) is 26.4 Å². The topological polar surface area (TPSA) is 43.6 Å². The van der Waals surface area contributed by atoms with Crippen molar-refractivity contribution in [3.63, 3.8) is 0 Å². The van der Waals surface area contributed by atoms with Crippen LogP contribution in [0.25, 0.3) is 0 Å². The van der Waals surface area contributed by atoms with E-state index in [4.69, 9.17) is 13.9 Å². The van der Waals surface area contributed by atoms with Gasteiger partial charge in [-0.05, 0) is 19.5 Å². The highest BCUT2D eigenvalue weighted by atomic mass is 16.5. The first-order chi connectivity index (χ1) is 7.40. The third kappa shape index (κ3) is 2.81. The van der Waals surface area contributed by atoms with Crippen LogP contribution in [0, 0.1) is 0 Å². The summed E-state index contributed by atoms with van der Waals surface area (Å²) in [6.45, 7) is 2.90. The molecule has 1 N–H and O–H groups in total. The maximum absolute atomic E-state index is 5.72. The van der Waals surface area contributed by atoms with Gasteiger partial charge in [0.15, 0.2) is 0 Å². The number of ether oxygens (including phenoxy) is 2. The molecule has 1 fully saturated rings. The molecule has 1 aliphatic heterocycles. The third-order valence-corrected chi connectivity index (χ3v) is 2.54. The Hall–Kier alpha value is -0.840. The molecule has 0 spiro atoms. The summed E-state index contributed by atoms with van der Waals surface area (Å²) >= 11 is 0. The van der Waals surface area contributed by atoms with Crippen LogP contribution < -0.4 is 5.32 Å². The Morgan fingerprint density at radius 3 is 3.27 bits per heavy atom. The Morgan fingerprint density at radius 2 is 2.53 bits per heavy atom. The second kappa shape index (κ2) is 5.30. The zero-order valence-electron chi connectivity index (χ0n) is 8.99. The van der Waals surface area contributed by atoms with E-state index in [0.717, 1.165) is 37.5 Å². The van der Waals surface area contributed by atoms with Gasteiger partial charge in [0.25, 0.3) is 0 Å². The highest BCUT2D eigenvalue weighted by Gasteiger charge is 2.16. The van der Waals surface area contributed by atoms with Gasteiger partial charge in [-0.25, -0.2) is 0 Å². The van der Waals surface area contributed by atoms with E-state index in [1.165, 1.54) is 0 Å². The SMILES string of the molecule is CNCc1occc1COC1CCOC1. The summed E-state index contributed by atoms with van der Waals surface area (Å²) in [6.07, 6.45) is 2.96. The maximum Gasteiger partial charge on any atom is 0.123 e. The van der Waals surface area contributed by atoms with Gasteiger partial charge in [0.05, 0.1) is 32.1 Å². The quantitative estimate of drug-likeness (QED) is 0.797. The molecule has 1 saturated heterocycles. The normalized spacial score (nSPS) is 21.0. The molecule has 1 atom stereocenters. The smallest absolute Gasteiger partial charge is 0.123 e. The molecule has 0 amide bonds. The largest absolute Gasteiger partial charge is 0.468 e. The number of hydrogen-bond acceptors (Lipinski definition) is 4. The van der Waals surface area contributed by atoms with Crippen LogP contribution in [0.2, 0.25) is 0 Å². The number of nitrogens with one attached hydrogen (secondary N) is 1. The van der Waals surface area contributed by atoms with Crippen molar-refractivity contribution in [3.05, 3.63) is 23.7 Å². The van der Waals surface area contributed by atoms with Gasteiger partial charge in [0.1, 0.15) is 5.76 Å². The molecule has 0 aromatic carbocycles. The Labute approximate surface area is 89.6 Å². The molecule has 84 valence electrons. The van der Waals surface area contributed by atoms with Crippen molar-refractivity contribution in [3.8, 4) is 0 Å². The van der Waals surface area contributed by atoms with E-state index >= 15 is 0 Å². The fraction of sp³-hybridized carbons (Fsp3) is 0.636. The molecule has 0 radical (unpaired) electrons. The fourth-order valence-electron chi connectivity index (χ4n) is 1.66. The first kappa shape index (κ1) is 10.7. The molecule has 4 nitrogen and oxygen atoms in total. The van der Waals surface area contributed by atoms with E-state index in [0.29, 0.717) is 6.61 Å². The first-order valence-electron chi connectivity index (χ1n) is 5.29. The lowest BCUT2D eigenvalue weighted by Gasteiger charge is -2.09. The summed E-state index contributed by atoms with van der Waals surface area (Å²) in [7, 11) is 1.90. The zero-order chi connectivity index (χ0) is 10.5. The minimum Gasteiger partial charge on any atom is -0.468 e. The number of rotatable bonds is 5. The minimum absolute atomic E-state index is 0.252. The molecule has 15 heavy (non-hydrogen) atoms. The standard InChI is InChI=1S/C11H17NO3/c1-12-6-11-9(2-5-14-11)7-15-10-3-4-13-8-10/h2,5,10,12H,3-4,6-8H2,1H3. The molecule has 0 bridgehead atoms. The monoisotopic (exact) mass is 211 g/mol. The van der Waals surface area contributed by atoms with Crippen LogP contribution in [0.15, 0.2) is 16.7 Å². The van der Waals surface area contributed by atoms with E-state index in [1.54, 1.807) is 6.26 Å². The lowest BCUT2D eigenvalue weighted by molar-refractivity contribution is 0.0310. The van der Waals surface area contributed by atoms with Crippen molar-refractivity contribution >= 4 is 0 Å². The van der Waals surface area contributed by atoms with Crippen molar-refractivity contribution in [1.29, 1.82) is 0 Å². The van der Waals surface area contributed by atoms with Gasteiger partial charge in [-0.1, -0.05) is 0 Å². The Bertz CT molecular complexity index is 292. The fourth-order valence-corrected chi connectivity index (χ4v) is 1.66. The Kier molecular flexibility index (Phi) is 3.77. The summed E-state index contributed by atoms with van der Waals surface area (Å²) in [6, 6.07) is 1.96. The Morgan fingerprint density at radius 1 is 1.60 bits per heavy atom. The first-order valence-corrected chi connectivity index (χ1v) is 5.29. The number of hydrogen-bond donors (Lipinski definition) is 1. The molecule has 2 rings (SSSR count). The van der Waals surface area contributed by atoms with E-state index in [2.05, 4.69) is 5.32 Å². The van der Waals surface area contributed by atoms with Crippen molar-refractivity contribution in [2.45, 2.75) is 25.7 Å². The average molecular weight is 211 g/mol. The number of furan rings is 1. The highest BCUT2D eigenvalue weighted by Crippen LogP contribution is 2.15. The highest BCUT2D eigenvalue weighted by molar-refractivity contribution is 5.15. The molecule has 1 unspecified atom stereocenters. The van der Waals surface area contributed by atoms with Gasteiger partial charge in [-0.15, -0.1) is 0 Å². The van der Waals surface area contributed by atoms with Gasteiger partial charge in [0.2, 0.25) is 0 Å². The minimum atomic E-state index is 0.252. The Balaban J connectivity index is 1.83. The van der Waals surface area contributed by atoms with Gasteiger partial charge < -0.3 is 19.2 Å². The van der Waals surface area contributed by atoms with Crippen molar-refractivity contribution < 1.29 is 13.9 Å². The molecule has 1 aliphatic rings. The van der Waals surface area contributed by atoms with Gasteiger partial charge in [0, 0.05) is 12.2 Å². The lowest BCUT2D eigenvalue weighted by Crippen LogP contribution is -2.13. The second-order valence-electron chi connectivity index (χ2n) is 3.70.